The molecular formula is C25H19ClN6O3. The van der Waals surface area contributed by atoms with E-state index < -0.39 is 11.8 Å². The van der Waals surface area contributed by atoms with Crippen molar-refractivity contribution >= 4 is 34.9 Å². The minimum absolute atomic E-state index is 0.0398. The Kier molecular flexibility index (Phi) is 5.38. The van der Waals surface area contributed by atoms with Gasteiger partial charge in [0.1, 0.15) is 29.3 Å². The van der Waals surface area contributed by atoms with Gasteiger partial charge in [0.05, 0.1) is 17.3 Å². The summed E-state index contributed by atoms with van der Waals surface area (Å²) in [6.07, 6.45) is 0.321. The van der Waals surface area contributed by atoms with Gasteiger partial charge in [-0.2, -0.15) is 5.26 Å². The second kappa shape index (κ2) is 8.42. The number of carbonyl (C=O) groups is 3. The molecule has 35 heavy (non-hydrogen) atoms. The van der Waals surface area contributed by atoms with Gasteiger partial charge in [-0.25, -0.2) is 10.0 Å². The van der Waals surface area contributed by atoms with Crippen molar-refractivity contribution in [2.24, 2.45) is 10.7 Å². The van der Waals surface area contributed by atoms with Crippen LogP contribution in [-0.2, 0) is 4.79 Å². The van der Waals surface area contributed by atoms with Crippen LogP contribution >= 0.6 is 11.6 Å². The summed E-state index contributed by atoms with van der Waals surface area (Å²) in [6.45, 7) is 1.43. The van der Waals surface area contributed by atoms with Crippen molar-refractivity contribution in [2.75, 3.05) is 0 Å². The third kappa shape index (κ3) is 3.64. The van der Waals surface area contributed by atoms with Gasteiger partial charge in [-0.15, -0.1) is 0 Å². The average Bonchev–Trinajstić information content (AvgIpc) is 3.27. The molecule has 174 valence electrons. The van der Waals surface area contributed by atoms with E-state index in [1.165, 1.54) is 11.9 Å². The Morgan fingerprint density at radius 1 is 1.17 bits per heavy atom. The van der Waals surface area contributed by atoms with Gasteiger partial charge in [0.2, 0.25) is 5.91 Å². The summed E-state index contributed by atoms with van der Waals surface area (Å²) in [6, 6.07) is 14.2. The molecule has 0 aromatic heterocycles. The van der Waals surface area contributed by atoms with Gasteiger partial charge in [0.25, 0.3) is 0 Å². The number of amides is 1. The number of allylic oxidation sites excluding steroid dienone is 1. The first-order chi connectivity index (χ1) is 16.8. The van der Waals surface area contributed by atoms with Crippen LogP contribution in [0.5, 0.6) is 0 Å². The van der Waals surface area contributed by atoms with E-state index in [1.54, 1.807) is 36.4 Å². The number of benzene rings is 2. The van der Waals surface area contributed by atoms with Crippen LogP contribution < -0.4 is 16.5 Å². The molecule has 2 aliphatic heterocycles. The number of amidine groups is 1. The Bertz CT molecular complexity index is 1430. The smallest absolute Gasteiger partial charge is 0.238 e. The molecule has 0 radical (unpaired) electrons. The van der Waals surface area contributed by atoms with E-state index in [0.29, 0.717) is 17.3 Å². The number of nitrogens with two attached hydrogens (primary N) is 1. The van der Waals surface area contributed by atoms with Crippen LogP contribution in [0.2, 0.25) is 5.02 Å². The van der Waals surface area contributed by atoms with E-state index in [1.807, 2.05) is 18.2 Å². The summed E-state index contributed by atoms with van der Waals surface area (Å²) in [5, 5.41) is 14.8. The number of nitriles is 1. The zero-order chi connectivity index (χ0) is 24.9. The molecule has 9 nitrogen and oxygen atoms in total. The number of carbonyl (C=O) groups excluding carboxylic acids is 3. The number of hydrogen-bond donors (Lipinski definition) is 3. The second-order valence-corrected chi connectivity index (χ2v) is 8.75. The molecule has 2 aromatic rings. The number of rotatable bonds is 2. The zero-order valence-corrected chi connectivity index (χ0v) is 19.3. The first-order valence-electron chi connectivity index (χ1n) is 10.8. The highest BCUT2D eigenvalue weighted by molar-refractivity contribution is 6.30. The molecule has 1 fully saturated rings. The number of halogens is 1. The zero-order valence-electron chi connectivity index (χ0n) is 18.5. The minimum Gasteiger partial charge on any atom is -0.397 e. The number of aliphatic imine (C=N–C) groups is 1. The Balaban J connectivity index is 1.55. The highest BCUT2D eigenvalue weighted by Crippen LogP contribution is 2.34. The first kappa shape index (κ1) is 22.4. The van der Waals surface area contributed by atoms with Crippen molar-refractivity contribution in [3.05, 3.63) is 92.9 Å². The quantitative estimate of drug-likeness (QED) is 0.592. The fourth-order valence-corrected chi connectivity index (χ4v) is 4.67. The summed E-state index contributed by atoms with van der Waals surface area (Å²) < 4.78 is 0. The van der Waals surface area contributed by atoms with E-state index in [4.69, 9.17) is 17.3 Å². The monoisotopic (exact) mass is 486 g/mol. The molecule has 2 atom stereocenters. The lowest BCUT2D eigenvalue weighted by Gasteiger charge is -2.31. The number of ketones is 2. The van der Waals surface area contributed by atoms with Crippen LogP contribution in [0, 0.1) is 11.3 Å². The highest BCUT2D eigenvalue weighted by Gasteiger charge is 2.43. The minimum atomic E-state index is -1.06. The van der Waals surface area contributed by atoms with Gasteiger partial charge < -0.3 is 11.1 Å². The van der Waals surface area contributed by atoms with E-state index in [0.717, 1.165) is 5.56 Å². The Labute approximate surface area is 205 Å². The van der Waals surface area contributed by atoms with Crippen LogP contribution in [-0.4, -0.2) is 34.4 Å². The lowest BCUT2D eigenvalue weighted by atomic mass is 9.79. The fourth-order valence-electron chi connectivity index (χ4n) is 4.54. The standard InChI is InChI=1S/C25H19ClN6O3/c1-12(33)32-18(13-6-8-14(26)9-7-13)10-19(31-32)29-25-17(11-27)21(28)20-22(30-25)24(35)16-5-3-2-4-15(16)23(20)34/h2-9,18,22,30H,10,28H2,1H3,(H,29,31). The second-order valence-electron chi connectivity index (χ2n) is 8.31. The molecule has 2 aromatic carbocycles. The Morgan fingerprint density at radius 2 is 1.86 bits per heavy atom. The molecule has 2 unspecified atom stereocenters. The van der Waals surface area contributed by atoms with Gasteiger partial charge >= 0.3 is 0 Å². The Morgan fingerprint density at radius 3 is 2.51 bits per heavy atom. The third-order valence-electron chi connectivity index (χ3n) is 6.21. The summed E-state index contributed by atoms with van der Waals surface area (Å²) in [5.41, 5.74) is 10.5. The number of dihydropyridines is 1. The van der Waals surface area contributed by atoms with Gasteiger partial charge in [0, 0.05) is 29.5 Å². The molecule has 1 aliphatic carbocycles. The average molecular weight is 487 g/mol. The molecule has 5 rings (SSSR count). The van der Waals surface area contributed by atoms with Crippen molar-refractivity contribution in [1.29, 1.82) is 5.26 Å². The lowest BCUT2D eigenvalue weighted by Crippen LogP contribution is -2.48. The van der Waals surface area contributed by atoms with Crippen molar-refractivity contribution in [3.8, 4) is 6.07 Å². The number of hydrogen-bond acceptors (Lipinski definition) is 7. The largest absolute Gasteiger partial charge is 0.397 e. The van der Waals surface area contributed by atoms with Crippen LogP contribution in [0.15, 0.2) is 76.2 Å². The van der Waals surface area contributed by atoms with Crippen molar-refractivity contribution in [2.45, 2.75) is 25.4 Å². The number of hydrazine groups is 1. The van der Waals surface area contributed by atoms with Crippen molar-refractivity contribution in [1.82, 2.24) is 15.8 Å². The highest BCUT2D eigenvalue weighted by atomic mass is 35.5. The maximum Gasteiger partial charge on any atom is 0.238 e. The van der Waals surface area contributed by atoms with E-state index in [2.05, 4.69) is 15.7 Å². The van der Waals surface area contributed by atoms with E-state index in [-0.39, 0.29) is 51.5 Å². The fraction of sp³-hybridized carbons (Fsp3) is 0.160. The molecule has 1 amide bonds. The molecule has 1 saturated heterocycles. The van der Waals surface area contributed by atoms with Crippen LogP contribution in [0.25, 0.3) is 0 Å². The molecule has 3 aliphatic rings. The predicted molar refractivity (Wildman–Crippen MR) is 128 cm³/mol. The third-order valence-corrected chi connectivity index (χ3v) is 6.46. The number of fused-ring (bicyclic) bond motifs is 2. The van der Waals surface area contributed by atoms with Gasteiger partial charge in [-0.05, 0) is 17.7 Å². The van der Waals surface area contributed by atoms with Crippen LogP contribution in [0.3, 0.4) is 0 Å². The number of nitrogens with zero attached hydrogens (tertiary/aromatic N) is 3. The van der Waals surface area contributed by atoms with Gasteiger partial charge in [-0.3, -0.25) is 19.8 Å². The normalized spacial score (nSPS) is 22.4. The van der Waals surface area contributed by atoms with Crippen LogP contribution in [0.4, 0.5) is 0 Å². The van der Waals surface area contributed by atoms with Crippen LogP contribution in [0.1, 0.15) is 45.7 Å². The molecule has 0 spiro atoms. The number of Topliss-reactive ketones (excluding diaryl/α,β-unsaturated/α-hetero) is 2. The summed E-state index contributed by atoms with van der Waals surface area (Å²) in [5.74, 6) is -0.521. The van der Waals surface area contributed by atoms with Gasteiger partial charge in [0.15, 0.2) is 11.6 Å². The molecule has 0 bridgehead atoms. The van der Waals surface area contributed by atoms with Crippen molar-refractivity contribution in [3.63, 3.8) is 0 Å². The molecule has 10 heteroatoms. The molecule has 4 N–H and O–H groups in total. The lowest BCUT2D eigenvalue weighted by molar-refractivity contribution is -0.132. The summed E-state index contributed by atoms with van der Waals surface area (Å²) in [7, 11) is 0. The van der Waals surface area contributed by atoms with Crippen molar-refractivity contribution < 1.29 is 14.4 Å². The SMILES string of the molecule is CC(=O)N1N/C(=N/C2=C(C#N)C(N)=C3C(=O)c4ccccc4C(=O)C3N2)CC1c1ccc(Cl)cc1. The Hall–Kier alpha value is -4.42. The maximum absolute atomic E-state index is 13.2. The topological polar surface area (TPSA) is 141 Å². The first-order valence-corrected chi connectivity index (χ1v) is 11.2. The summed E-state index contributed by atoms with van der Waals surface area (Å²) >= 11 is 6.00. The van der Waals surface area contributed by atoms with E-state index in [9.17, 15) is 19.6 Å². The number of nitrogens with one attached hydrogen (secondary N) is 2. The van der Waals surface area contributed by atoms with Gasteiger partial charge in [-0.1, -0.05) is 48.0 Å². The maximum atomic E-state index is 13.2. The van der Waals surface area contributed by atoms with E-state index >= 15 is 0 Å². The molecule has 2 heterocycles. The molecule has 0 saturated carbocycles. The molecular weight excluding hydrogens is 468 g/mol. The summed E-state index contributed by atoms with van der Waals surface area (Å²) in [4.78, 5) is 43.1. The predicted octanol–water partition coefficient (Wildman–Crippen LogP) is 2.54.